The molecule has 0 unspecified atom stereocenters. The van der Waals surface area contributed by atoms with E-state index in [1.165, 1.54) is 7.11 Å². The van der Waals surface area contributed by atoms with Crippen molar-refractivity contribution in [3.05, 3.63) is 0 Å². The van der Waals surface area contributed by atoms with Crippen LogP contribution >= 0.6 is 0 Å². The normalized spacial score (nSPS) is 13.7. The quantitative estimate of drug-likeness (QED) is 0.633. The van der Waals surface area contributed by atoms with E-state index in [4.69, 9.17) is 4.74 Å². The van der Waals surface area contributed by atoms with Crippen LogP contribution in [-0.2, 0) is 4.79 Å². The molecule has 1 aromatic rings. The zero-order valence-corrected chi connectivity index (χ0v) is 11.8. The zero-order chi connectivity index (χ0) is 14.4. The topological polar surface area (TPSA) is 101 Å². The van der Waals surface area contributed by atoms with Crippen LogP contribution in [-0.4, -0.2) is 47.1 Å². The van der Waals surface area contributed by atoms with Gasteiger partial charge in [-0.25, -0.2) is 0 Å². The third-order valence-electron chi connectivity index (χ3n) is 2.68. The number of carbonyl (C=O) groups is 1. The summed E-state index contributed by atoms with van der Waals surface area (Å²) in [5, 5.41) is 8.81. The molecule has 0 spiro atoms. The number of rotatable bonds is 8. The summed E-state index contributed by atoms with van der Waals surface area (Å²) in [7, 11) is 1.49. The van der Waals surface area contributed by atoms with Crippen LogP contribution in [0.5, 0.6) is 6.01 Å². The molecular weight excluding hydrogens is 260 g/mol. The molecule has 2 rings (SSSR count). The summed E-state index contributed by atoms with van der Waals surface area (Å²) in [6.07, 6.45) is 3.09. The monoisotopic (exact) mass is 280 g/mol. The second-order valence-electron chi connectivity index (χ2n) is 4.59. The first kappa shape index (κ1) is 14.3. The van der Waals surface area contributed by atoms with E-state index in [0.717, 1.165) is 25.8 Å². The van der Waals surface area contributed by atoms with Gasteiger partial charge in [-0.1, -0.05) is 6.92 Å². The number of methoxy groups -OCH3 is 1. The van der Waals surface area contributed by atoms with Gasteiger partial charge in [0, 0.05) is 12.6 Å². The largest absolute Gasteiger partial charge is 0.467 e. The molecular formula is C12H20N6O2. The van der Waals surface area contributed by atoms with Gasteiger partial charge in [0.15, 0.2) is 0 Å². The smallest absolute Gasteiger partial charge is 0.322 e. The van der Waals surface area contributed by atoms with Crippen LogP contribution in [0.3, 0.4) is 0 Å². The highest BCUT2D eigenvalue weighted by atomic mass is 16.5. The summed E-state index contributed by atoms with van der Waals surface area (Å²) in [6.45, 7) is 2.94. The maximum atomic E-state index is 11.6. The van der Waals surface area contributed by atoms with Crippen LogP contribution in [0.2, 0.25) is 0 Å². The second-order valence-corrected chi connectivity index (χ2v) is 4.59. The lowest BCUT2D eigenvalue weighted by Gasteiger charge is -2.09. The lowest BCUT2D eigenvalue weighted by molar-refractivity contribution is -0.119. The first-order valence-electron chi connectivity index (χ1n) is 6.78. The Hall–Kier alpha value is -2.12. The van der Waals surface area contributed by atoms with Gasteiger partial charge in [-0.15, -0.1) is 0 Å². The molecule has 1 aliphatic carbocycles. The Labute approximate surface area is 117 Å². The van der Waals surface area contributed by atoms with Crippen molar-refractivity contribution in [3.63, 3.8) is 0 Å². The highest BCUT2D eigenvalue weighted by molar-refractivity contribution is 5.80. The molecule has 1 amide bonds. The fraction of sp³-hybridized carbons (Fsp3) is 0.667. The van der Waals surface area contributed by atoms with Gasteiger partial charge < -0.3 is 20.7 Å². The van der Waals surface area contributed by atoms with Crippen LogP contribution in [0.25, 0.3) is 0 Å². The maximum absolute atomic E-state index is 11.6. The molecule has 1 aromatic heterocycles. The molecule has 1 aliphatic rings. The van der Waals surface area contributed by atoms with E-state index in [-0.39, 0.29) is 18.5 Å². The second kappa shape index (κ2) is 6.88. The number of ether oxygens (including phenoxy) is 1. The van der Waals surface area contributed by atoms with Gasteiger partial charge in [0.1, 0.15) is 0 Å². The fourth-order valence-electron chi connectivity index (χ4n) is 1.51. The number of nitrogens with zero attached hydrogens (tertiary/aromatic N) is 3. The predicted octanol–water partition coefficient (Wildman–Crippen LogP) is 0.393. The van der Waals surface area contributed by atoms with Crippen molar-refractivity contribution in [1.29, 1.82) is 0 Å². The van der Waals surface area contributed by atoms with E-state index < -0.39 is 0 Å². The van der Waals surface area contributed by atoms with E-state index in [0.29, 0.717) is 17.9 Å². The lowest BCUT2D eigenvalue weighted by atomic mass is 10.5. The Balaban J connectivity index is 1.92. The Morgan fingerprint density at radius 1 is 1.25 bits per heavy atom. The number of hydrogen-bond donors (Lipinski definition) is 3. The number of aromatic nitrogens is 3. The van der Waals surface area contributed by atoms with E-state index >= 15 is 0 Å². The molecule has 20 heavy (non-hydrogen) atoms. The Kier molecular flexibility index (Phi) is 4.91. The summed E-state index contributed by atoms with van der Waals surface area (Å²) in [5.74, 6) is 0.695. The molecule has 0 atom stereocenters. The first-order valence-corrected chi connectivity index (χ1v) is 6.78. The van der Waals surface area contributed by atoms with Crippen molar-refractivity contribution in [2.75, 3.05) is 30.8 Å². The third-order valence-corrected chi connectivity index (χ3v) is 2.68. The maximum Gasteiger partial charge on any atom is 0.322 e. The molecule has 3 N–H and O–H groups in total. The lowest BCUT2D eigenvalue weighted by Crippen LogP contribution is -2.31. The molecule has 0 aliphatic heterocycles. The van der Waals surface area contributed by atoms with Crippen molar-refractivity contribution >= 4 is 17.8 Å². The van der Waals surface area contributed by atoms with Gasteiger partial charge in [0.25, 0.3) is 0 Å². The number of anilines is 2. The summed E-state index contributed by atoms with van der Waals surface area (Å²) < 4.78 is 5.01. The number of hydrogen-bond acceptors (Lipinski definition) is 7. The van der Waals surface area contributed by atoms with Crippen LogP contribution in [0.15, 0.2) is 0 Å². The van der Waals surface area contributed by atoms with E-state index in [9.17, 15) is 4.79 Å². The molecule has 1 fully saturated rings. The van der Waals surface area contributed by atoms with Crippen molar-refractivity contribution in [1.82, 2.24) is 20.3 Å². The van der Waals surface area contributed by atoms with Gasteiger partial charge in [0.05, 0.1) is 13.7 Å². The number of amides is 1. The fourth-order valence-corrected chi connectivity index (χ4v) is 1.51. The molecule has 0 radical (unpaired) electrons. The summed E-state index contributed by atoms with van der Waals surface area (Å²) in [4.78, 5) is 23.9. The van der Waals surface area contributed by atoms with Gasteiger partial charge >= 0.3 is 6.01 Å². The van der Waals surface area contributed by atoms with Gasteiger partial charge in [-0.05, 0) is 19.3 Å². The van der Waals surface area contributed by atoms with Crippen LogP contribution < -0.4 is 20.7 Å². The van der Waals surface area contributed by atoms with Gasteiger partial charge in [-0.2, -0.15) is 15.0 Å². The SMILES string of the molecule is CCCNc1nc(NCC(=O)NC2CC2)nc(OC)n1. The predicted molar refractivity (Wildman–Crippen MR) is 74.8 cm³/mol. The molecule has 1 saturated carbocycles. The minimum absolute atomic E-state index is 0.0602. The van der Waals surface area contributed by atoms with Crippen LogP contribution in [0.1, 0.15) is 26.2 Å². The molecule has 8 nitrogen and oxygen atoms in total. The number of carbonyl (C=O) groups excluding carboxylic acids is 1. The molecule has 1 heterocycles. The highest BCUT2D eigenvalue weighted by Crippen LogP contribution is 2.18. The molecule has 0 aromatic carbocycles. The first-order chi connectivity index (χ1) is 9.71. The van der Waals surface area contributed by atoms with Crippen molar-refractivity contribution < 1.29 is 9.53 Å². The molecule has 110 valence electrons. The zero-order valence-electron chi connectivity index (χ0n) is 11.8. The minimum Gasteiger partial charge on any atom is -0.467 e. The van der Waals surface area contributed by atoms with Gasteiger partial charge in [-0.3, -0.25) is 4.79 Å². The average Bonchev–Trinajstić information content (AvgIpc) is 3.26. The summed E-state index contributed by atoms with van der Waals surface area (Å²) >= 11 is 0. The highest BCUT2D eigenvalue weighted by Gasteiger charge is 2.23. The van der Waals surface area contributed by atoms with Crippen molar-refractivity contribution in [2.24, 2.45) is 0 Å². The van der Waals surface area contributed by atoms with Crippen molar-refractivity contribution in [2.45, 2.75) is 32.2 Å². The van der Waals surface area contributed by atoms with Gasteiger partial charge in [0.2, 0.25) is 17.8 Å². The summed E-state index contributed by atoms with van der Waals surface area (Å²) in [6, 6.07) is 0.558. The van der Waals surface area contributed by atoms with Crippen LogP contribution in [0.4, 0.5) is 11.9 Å². The van der Waals surface area contributed by atoms with E-state index in [2.05, 4.69) is 30.9 Å². The molecule has 0 bridgehead atoms. The molecule has 0 saturated heterocycles. The standard InChI is InChI=1S/C12H20N6O2/c1-3-6-13-10-16-11(18-12(17-10)20-2)14-7-9(19)15-8-4-5-8/h8H,3-7H2,1-2H3,(H,15,19)(H2,13,14,16,17,18). The van der Waals surface area contributed by atoms with Crippen LogP contribution in [0, 0.1) is 0 Å². The Morgan fingerprint density at radius 2 is 1.95 bits per heavy atom. The minimum atomic E-state index is -0.0602. The number of nitrogens with one attached hydrogen (secondary N) is 3. The Morgan fingerprint density at radius 3 is 2.55 bits per heavy atom. The third kappa shape index (κ3) is 4.52. The van der Waals surface area contributed by atoms with Crippen molar-refractivity contribution in [3.8, 4) is 6.01 Å². The Bertz CT molecular complexity index is 463. The van der Waals surface area contributed by atoms with E-state index in [1.807, 2.05) is 6.92 Å². The van der Waals surface area contributed by atoms with E-state index in [1.54, 1.807) is 0 Å². The summed E-state index contributed by atoms with van der Waals surface area (Å²) in [5.41, 5.74) is 0. The molecule has 8 heteroatoms. The average molecular weight is 280 g/mol.